The number of para-hydroxylation sites is 2. The van der Waals surface area contributed by atoms with Gasteiger partial charge in [0.1, 0.15) is 5.75 Å². The molecule has 3 N–H and O–H groups in total. The number of hydrogen-bond acceptors (Lipinski definition) is 5. The molecular formula is C15H23N3O3. The topological polar surface area (TPSA) is 76.8 Å². The zero-order valence-electron chi connectivity index (χ0n) is 12.2. The smallest absolute Gasteiger partial charge is 0.257 e. The molecule has 21 heavy (non-hydrogen) atoms. The van der Waals surface area contributed by atoms with E-state index in [1.54, 1.807) is 12.1 Å². The van der Waals surface area contributed by atoms with Crippen LogP contribution in [0, 0.1) is 0 Å². The molecule has 0 atom stereocenters. The van der Waals surface area contributed by atoms with Gasteiger partial charge >= 0.3 is 0 Å². The lowest BCUT2D eigenvalue weighted by Gasteiger charge is -2.26. The molecule has 1 aromatic rings. The van der Waals surface area contributed by atoms with Crippen molar-refractivity contribution in [1.82, 2.24) is 10.2 Å². The first-order chi connectivity index (χ1) is 10.3. The molecule has 0 bridgehead atoms. The zero-order chi connectivity index (χ0) is 14.9. The molecule has 1 saturated heterocycles. The van der Waals surface area contributed by atoms with Gasteiger partial charge in [-0.05, 0) is 25.1 Å². The van der Waals surface area contributed by atoms with Gasteiger partial charge in [0, 0.05) is 19.6 Å². The molecule has 1 fully saturated rings. The number of nitrogens with two attached hydrogens (primary N) is 1. The fraction of sp³-hybridized carbons (Fsp3) is 0.533. The maximum Gasteiger partial charge on any atom is 0.257 e. The number of nitrogen functional groups attached to an aromatic ring is 1. The van der Waals surface area contributed by atoms with Crippen molar-refractivity contribution in [3.8, 4) is 5.75 Å². The Kier molecular flexibility index (Phi) is 6.30. The fourth-order valence-corrected chi connectivity index (χ4v) is 2.16. The average Bonchev–Trinajstić information content (AvgIpc) is 2.52. The lowest BCUT2D eigenvalue weighted by atomic mass is 10.3. The fourth-order valence-electron chi connectivity index (χ4n) is 2.16. The van der Waals surface area contributed by atoms with Crippen molar-refractivity contribution < 1.29 is 14.3 Å². The summed E-state index contributed by atoms with van der Waals surface area (Å²) >= 11 is 0. The summed E-state index contributed by atoms with van der Waals surface area (Å²) < 4.78 is 10.7. The van der Waals surface area contributed by atoms with Crippen LogP contribution in [0.2, 0.25) is 0 Å². The molecule has 1 heterocycles. The lowest BCUT2D eigenvalue weighted by Crippen LogP contribution is -2.38. The molecule has 1 amide bonds. The molecule has 0 radical (unpaired) electrons. The first kappa shape index (κ1) is 15.6. The van der Waals surface area contributed by atoms with Gasteiger partial charge in [0.05, 0.1) is 18.9 Å². The molecule has 1 aromatic carbocycles. The summed E-state index contributed by atoms with van der Waals surface area (Å²) in [6.45, 7) is 5.19. The van der Waals surface area contributed by atoms with E-state index in [-0.39, 0.29) is 12.5 Å². The number of ether oxygens (including phenoxy) is 2. The maximum absolute atomic E-state index is 11.7. The van der Waals surface area contributed by atoms with Crippen molar-refractivity contribution in [2.24, 2.45) is 0 Å². The quantitative estimate of drug-likeness (QED) is 0.565. The van der Waals surface area contributed by atoms with Crippen molar-refractivity contribution in [2.45, 2.75) is 6.42 Å². The predicted octanol–water partition coefficient (Wildman–Crippen LogP) is 0.486. The van der Waals surface area contributed by atoms with Gasteiger partial charge in [-0.3, -0.25) is 9.69 Å². The van der Waals surface area contributed by atoms with Crippen molar-refractivity contribution in [3.05, 3.63) is 24.3 Å². The van der Waals surface area contributed by atoms with Crippen LogP contribution < -0.4 is 15.8 Å². The average molecular weight is 293 g/mol. The SMILES string of the molecule is Nc1ccccc1OCC(=O)NCCCN1CCOCC1. The van der Waals surface area contributed by atoms with E-state index < -0.39 is 0 Å². The Bertz CT molecular complexity index is 448. The summed E-state index contributed by atoms with van der Waals surface area (Å²) in [6, 6.07) is 7.15. The summed E-state index contributed by atoms with van der Waals surface area (Å²) in [4.78, 5) is 14.0. The van der Waals surface area contributed by atoms with Crippen LogP contribution in [0.15, 0.2) is 24.3 Å². The van der Waals surface area contributed by atoms with Crippen LogP contribution in [0.4, 0.5) is 5.69 Å². The molecule has 2 rings (SSSR count). The minimum Gasteiger partial charge on any atom is -0.482 e. The molecule has 1 aliphatic rings. The number of morpholine rings is 1. The molecular weight excluding hydrogens is 270 g/mol. The van der Waals surface area contributed by atoms with E-state index in [0.29, 0.717) is 18.0 Å². The number of carbonyl (C=O) groups is 1. The Labute approximate surface area is 125 Å². The number of nitrogens with one attached hydrogen (secondary N) is 1. The molecule has 116 valence electrons. The Morgan fingerprint density at radius 2 is 2.10 bits per heavy atom. The zero-order valence-corrected chi connectivity index (χ0v) is 12.2. The molecule has 6 heteroatoms. The van der Waals surface area contributed by atoms with Crippen molar-refractivity contribution in [3.63, 3.8) is 0 Å². The first-order valence-electron chi connectivity index (χ1n) is 7.30. The van der Waals surface area contributed by atoms with Crippen LogP contribution >= 0.6 is 0 Å². The summed E-state index contributed by atoms with van der Waals surface area (Å²) in [5.74, 6) is 0.418. The Morgan fingerprint density at radius 1 is 1.33 bits per heavy atom. The van der Waals surface area contributed by atoms with Crippen LogP contribution in [-0.4, -0.2) is 56.8 Å². The highest BCUT2D eigenvalue weighted by molar-refractivity contribution is 5.77. The third-order valence-corrected chi connectivity index (χ3v) is 3.35. The van der Waals surface area contributed by atoms with Gasteiger partial charge in [0.2, 0.25) is 0 Å². The second kappa shape index (κ2) is 8.49. The third-order valence-electron chi connectivity index (χ3n) is 3.35. The summed E-state index contributed by atoms with van der Waals surface area (Å²) in [7, 11) is 0. The van der Waals surface area contributed by atoms with E-state index in [2.05, 4.69) is 10.2 Å². The van der Waals surface area contributed by atoms with Crippen LogP contribution in [-0.2, 0) is 9.53 Å². The highest BCUT2D eigenvalue weighted by Crippen LogP contribution is 2.19. The predicted molar refractivity (Wildman–Crippen MR) is 81.2 cm³/mol. The van der Waals surface area contributed by atoms with E-state index >= 15 is 0 Å². The number of amides is 1. The Balaban J connectivity index is 1.56. The van der Waals surface area contributed by atoms with Gasteiger partial charge in [-0.25, -0.2) is 0 Å². The maximum atomic E-state index is 11.7. The van der Waals surface area contributed by atoms with E-state index in [1.165, 1.54) is 0 Å². The summed E-state index contributed by atoms with van der Waals surface area (Å²) in [5, 5.41) is 2.85. The van der Waals surface area contributed by atoms with Gasteiger partial charge in [-0.15, -0.1) is 0 Å². The molecule has 6 nitrogen and oxygen atoms in total. The number of benzene rings is 1. The molecule has 0 unspecified atom stereocenters. The van der Waals surface area contributed by atoms with Crippen LogP contribution in [0.25, 0.3) is 0 Å². The Hall–Kier alpha value is -1.79. The van der Waals surface area contributed by atoms with Crippen molar-refractivity contribution >= 4 is 11.6 Å². The van der Waals surface area contributed by atoms with Gasteiger partial charge < -0.3 is 20.5 Å². The second-order valence-corrected chi connectivity index (χ2v) is 4.98. The molecule has 0 aliphatic carbocycles. The van der Waals surface area contributed by atoms with Gasteiger partial charge in [-0.2, -0.15) is 0 Å². The molecule has 0 saturated carbocycles. The number of rotatable bonds is 7. The van der Waals surface area contributed by atoms with Crippen molar-refractivity contribution in [1.29, 1.82) is 0 Å². The number of anilines is 1. The standard InChI is InChI=1S/C15H23N3O3/c16-13-4-1-2-5-14(13)21-12-15(19)17-6-3-7-18-8-10-20-11-9-18/h1-2,4-5H,3,6-12,16H2,(H,17,19). The van der Waals surface area contributed by atoms with Gasteiger partial charge in [0.15, 0.2) is 6.61 Å². The van der Waals surface area contributed by atoms with E-state index in [0.717, 1.165) is 39.3 Å². The number of hydrogen-bond donors (Lipinski definition) is 2. The number of carbonyl (C=O) groups excluding carboxylic acids is 1. The highest BCUT2D eigenvalue weighted by atomic mass is 16.5. The monoisotopic (exact) mass is 293 g/mol. The Morgan fingerprint density at radius 3 is 2.86 bits per heavy atom. The van der Waals surface area contributed by atoms with Crippen LogP contribution in [0.3, 0.4) is 0 Å². The van der Waals surface area contributed by atoms with E-state index in [1.807, 2.05) is 12.1 Å². The van der Waals surface area contributed by atoms with Crippen molar-refractivity contribution in [2.75, 3.05) is 51.7 Å². The van der Waals surface area contributed by atoms with Gasteiger partial charge in [0.25, 0.3) is 5.91 Å². The molecule has 0 aromatic heterocycles. The van der Waals surface area contributed by atoms with E-state index in [9.17, 15) is 4.79 Å². The second-order valence-electron chi connectivity index (χ2n) is 4.98. The first-order valence-corrected chi connectivity index (χ1v) is 7.30. The van der Waals surface area contributed by atoms with Crippen LogP contribution in [0.1, 0.15) is 6.42 Å². The van der Waals surface area contributed by atoms with Crippen LogP contribution in [0.5, 0.6) is 5.75 Å². The molecule has 1 aliphatic heterocycles. The van der Waals surface area contributed by atoms with Gasteiger partial charge in [-0.1, -0.05) is 12.1 Å². The summed E-state index contributed by atoms with van der Waals surface area (Å²) in [5.41, 5.74) is 6.28. The lowest BCUT2D eigenvalue weighted by molar-refractivity contribution is -0.123. The largest absolute Gasteiger partial charge is 0.482 e. The summed E-state index contributed by atoms with van der Waals surface area (Å²) in [6.07, 6.45) is 0.930. The third kappa shape index (κ3) is 5.61. The highest BCUT2D eigenvalue weighted by Gasteiger charge is 2.09. The minimum absolute atomic E-state index is 0.00817. The number of nitrogens with zero attached hydrogens (tertiary/aromatic N) is 1. The normalized spacial score (nSPS) is 15.6. The van der Waals surface area contributed by atoms with E-state index in [4.69, 9.17) is 15.2 Å². The minimum atomic E-state index is -0.125. The molecule has 0 spiro atoms.